The van der Waals surface area contributed by atoms with Gasteiger partial charge in [0.25, 0.3) is 5.91 Å². The van der Waals surface area contributed by atoms with E-state index in [-0.39, 0.29) is 11.7 Å². The fourth-order valence-electron chi connectivity index (χ4n) is 1.10. The van der Waals surface area contributed by atoms with Crippen LogP contribution in [0, 0.1) is 6.92 Å². The van der Waals surface area contributed by atoms with E-state index in [9.17, 15) is 4.79 Å². The Labute approximate surface area is 99.6 Å². The number of pyridine rings is 1. The van der Waals surface area contributed by atoms with Gasteiger partial charge in [0.15, 0.2) is 0 Å². The average Bonchev–Trinajstić information content (AvgIpc) is 2.68. The van der Waals surface area contributed by atoms with Gasteiger partial charge >= 0.3 is 0 Å². The number of hydrogen-bond donors (Lipinski definition) is 2. The van der Waals surface area contributed by atoms with Crippen LogP contribution in [0.5, 0.6) is 0 Å². The third-order valence-corrected chi connectivity index (χ3v) is 2.44. The highest BCUT2D eigenvalue weighted by atomic mass is 79.9. The number of H-pyrrole nitrogens is 1. The summed E-state index contributed by atoms with van der Waals surface area (Å²) in [5.41, 5.74) is 0.579. The molecule has 0 radical (unpaired) electrons. The van der Waals surface area contributed by atoms with Crippen molar-refractivity contribution in [3.8, 4) is 0 Å². The van der Waals surface area contributed by atoms with Crippen LogP contribution in [0.2, 0.25) is 0 Å². The van der Waals surface area contributed by atoms with Crippen LogP contribution >= 0.6 is 15.9 Å². The summed E-state index contributed by atoms with van der Waals surface area (Å²) in [5, 5.41) is 9.00. The van der Waals surface area contributed by atoms with Crippen molar-refractivity contribution in [3.63, 3.8) is 0 Å². The Kier molecular flexibility index (Phi) is 2.95. The summed E-state index contributed by atoms with van der Waals surface area (Å²) >= 11 is 3.23. The molecule has 2 rings (SSSR count). The number of carbonyl (C=O) groups is 1. The van der Waals surface area contributed by atoms with Crippen LogP contribution in [0.1, 0.15) is 16.4 Å². The first-order valence-corrected chi connectivity index (χ1v) is 5.27. The Morgan fingerprint density at radius 3 is 3.00 bits per heavy atom. The minimum absolute atomic E-state index is 0.105. The molecule has 0 saturated carbocycles. The highest BCUT2D eigenvalue weighted by Crippen LogP contribution is 2.18. The third-order valence-electron chi connectivity index (χ3n) is 1.81. The van der Waals surface area contributed by atoms with Crippen molar-refractivity contribution in [1.82, 2.24) is 20.2 Å². The molecule has 7 heteroatoms. The SMILES string of the molecule is Cc1nc(C(=O)Nc2cccnc2Br)n[nH]1. The molecule has 0 aromatic carbocycles. The van der Waals surface area contributed by atoms with Crippen LogP contribution in [-0.4, -0.2) is 26.1 Å². The summed E-state index contributed by atoms with van der Waals surface area (Å²) in [6.07, 6.45) is 1.62. The second-order valence-corrected chi connectivity index (χ2v) is 3.79. The van der Waals surface area contributed by atoms with E-state index < -0.39 is 0 Å². The molecule has 2 aromatic rings. The molecule has 6 nitrogen and oxygen atoms in total. The number of anilines is 1. The maximum atomic E-state index is 11.7. The van der Waals surface area contributed by atoms with E-state index in [0.29, 0.717) is 16.1 Å². The fraction of sp³-hybridized carbons (Fsp3) is 0.111. The first-order valence-electron chi connectivity index (χ1n) is 4.47. The van der Waals surface area contributed by atoms with Gasteiger partial charge in [-0.05, 0) is 35.0 Å². The molecule has 0 unspecified atom stereocenters. The van der Waals surface area contributed by atoms with Crippen LogP contribution < -0.4 is 5.32 Å². The molecular weight excluding hydrogens is 274 g/mol. The zero-order valence-corrected chi connectivity index (χ0v) is 9.95. The normalized spacial score (nSPS) is 10.1. The predicted molar refractivity (Wildman–Crippen MR) is 61.0 cm³/mol. The summed E-state index contributed by atoms with van der Waals surface area (Å²) in [7, 11) is 0. The summed E-state index contributed by atoms with van der Waals surface area (Å²) in [4.78, 5) is 19.6. The molecule has 0 saturated heterocycles. The van der Waals surface area contributed by atoms with Crippen molar-refractivity contribution in [3.05, 3.63) is 34.6 Å². The Morgan fingerprint density at radius 2 is 2.38 bits per heavy atom. The summed E-state index contributed by atoms with van der Waals surface area (Å²) in [6, 6.07) is 3.46. The molecule has 2 N–H and O–H groups in total. The lowest BCUT2D eigenvalue weighted by molar-refractivity contribution is 0.101. The zero-order valence-electron chi connectivity index (χ0n) is 8.36. The van der Waals surface area contributed by atoms with Gasteiger partial charge < -0.3 is 5.32 Å². The van der Waals surface area contributed by atoms with Gasteiger partial charge in [0, 0.05) is 6.20 Å². The van der Waals surface area contributed by atoms with Crippen LogP contribution in [0.25, 0.3) is 0 Å². The molecular formula is C9H8BrN5O. The minimum Gasteiger partial charge on any atom is -0.317 e. The molecule has 0 aliphatic heterocycles. The van der Waals surface area contributed by atoms with Crippen LogP contribution in [-0.2, 0) is 0 Å². The average molecular weight is 282 g/mol. The number of aromatic nitrogens is 4. The van der Waals surface area contributed by atoms with Crippen LogP contribution in [0.3, 0.4) is 0 Å². The first kappa shape index (κ1) is 10.7. The number of rotatable bonds is 2. The maximum Gasteiger partial charge on any atom is 0.295 e. The lowest BCUT2D eigenvalue weighted by Crippen LogP contribution is -2.14. The minimum atomic E-state index is -0.377. The van der Waals surface area contributed by atoms with Crippen molar-refractivity contribution in [2.75, 3.05) is 5.32 Å². The van der Waals surface area contributed by atoms with Crippen molar-refractivity contribution >= 4 is 27.5 Å². The van der Waals surface area contributed by atoms with E-state index in [0.717, 1.165) is 0 Å². The van der Waals surface area contributed by atoms with Gasteiger partial charge in [-0.15, -0.1) is 5.10 Å². The Bertz CT molecular complexity index is 524. The monoisotopic (exact) mass is 281 g/mol. The van der Waals surface area contributed by atoms with Crippen molar-refractivity contribution in [2.45, 2.75) is 6.92 Å². The number of nitrogens with zero attached hydrogens (tertiary/aromatic N) is 3. The lowest BCUT2D eigenvalue weighted by Gasteiger charge is -2.03. The lowest BCUT2D eigenvalue weighted by atomic mass is 10.4. The van der Waals surface area contributed by atoms with E-state index in [2.05, 4.69) is 41.4 Å². The number of aryl methyl sites for hydroxylation is 1. The molecule has 0 bridgehead atoms. The summed E-state index contributed by atoms with van der Waals surface area (Å²) in [6.45, 7) is 1.73. The van der Waals surface area contributed by atoms with Gasteiger partial charge in [-0.3, -0.25) is 9.89 Å². The van der Waals surface area contributed by atoms with Crippen LogP contribution in [0.4, 0.5) is 5.69 Å². The molecule has 16 heavy (non-hydrogen) atoms. The highest BCUT2D eigenvalue weighted by Gasteiger charge is 2.12. The van der Waals surface area contributed by atoms with Gasteiger partial charge in [-0.2, -0.15) is 0 Å². The summed E-state index contributed by atoms with van der Waals surface area (Å²) < 4.78 is 0.565. The van der Waals surface area contributed by atoms with Gasteiger partial charge in [0.05, 0.1) is 5.69 Å². The molecule has 0 aliphatic carbocycles. The van der Waals surface area contributed by atoms with Crippen molar-refractivity contribution < 1.29 is 4.79 Å². The van der Waals surface area contributed by atoms with Crippen molar-refractivity contribution in [2.24, 2.45) is 0 Å². The number of hydrogen-bond acceptors (Lipinski definition) is 4. The highest BCUT2D eigenvalue weighted by molar-refractivity contribution is 9.10. The zero-order chi connectivity index (χ0) is 11.5. The Morgan fingerprint density at radius 1 is 1.56 bits per heavy atom. The molecule has 0 atom stereocenters. The Balaban J connectivity index is 2.17. The third kappa shape index (κ3) is 2.25. The number of nitrogens with one attached hydrogen (secondary N) is 2. The van der Waals surface area contributed by atoms with E-state index >= 15 is 0 Å². The maximum absolute atomic E-state index is 11.7. The molecule has 0 aliphatic rings. The molecule has 82 valence electrons. The largest absolute Gasteiger partial charge is 0.317 e. The van der Waals surface area contributed by atoms with Gasteiger partial charge in [-0.1, -0.05) is 0 Å². The van der Waals surface area contributed by atoms with Gasteiger partial charge in [-0.25, -0.2) is 9.97 Å². The smallest absolute Gasteiger partial charge is 0.295 e. The molecule has 0 fully saturated rings. The topological polar surface area (TPSA) is 83.6 Å². The van der Waals surface area contributed by atoms with E-state index in [1.807, 2.05) is 0 Å². The van der Waals surface area contributed by atoms with E-state index in [4.69, 9.17) is 0 Å². The second-order valence-electron chi connectivity index (χ2n) is 3.04. The molecule has 2 aromatic heterocycles. The Hall–Kier alpha value is -1.76. The second kappa shape index (κ2) is 4.40. The van der Waals surface area contributed by atoms with E-state index in [1.165, 1.54) is 0 Å². The van der Waals surface area contributed by atoms with Crippen molar-refractivity contribution in [1.29, 1.82) is 0 Å². The number of carbonyl (C=O) groups excluding carboxylic acids is 1. The fourth-order valence-corrected chi connectivity index (χ4v) is 1.45. The number of amides is 1. The number of halogens is 1. The van der Waals surface area contributed by atoms with Crippen LogP contribution in [0.15, 0.2) is 22.9 Å². The molecule has 0 spiro atoms. The summed E-state index contributed by atoms with van der Waals surface area (Å²) in [5.74, 6) is 0.321. The molecule has 2 heterocycles. The van der Waals surface area contributed by atoms with Gasteiger partial charge in [0.1, 0.15) is 10.4 Å². The van der Waals surface area contributed by atoms with E-state index in [1.54, 1.807) is 25.3 Å². The molecule has 1 amide bonds. The van der Waals surface area contributed by atoms with Gasteiger partial charge in [0.2, 0.25) is 5.82 Å². The standard InChI is InChI=1S/C9H8BrN5O/c1-5-12-8(15-14-5)9(16)13-6-3-2-4-11-7(6)10/h2-4H,1H3,(H,13,16)(H,12,14,15). The predicted octanol–water partition coefficient (Wildman–Crippen LogP) is 1.52. The quantitative estimate of drug-likeness (QED) is 0.818. The first-order chi connectivity index (χ1) is 7.66. The number of aromatic amines is 1.